The molecule has 0 spiro atoms. The molecule has 9 heteroatoms. The van der Waals surface area contributed by atoms with Gasteiger partial charge < -0.3 is 10.6 Å². The zero-order chi connectivity index (χ0) is 24.1. The minimum atomic E-state index is -1.31. The Kier molecular flexibility index (Phi) is 6.91. The Balaban J connectivity index is 0.000000186. The van der Waals surface area contributed by atoms with Crippen LogP contribution in [-0.4, -0.2) is 36.3 Å². The normalized spacial score (nSPS) is 18.7. The second kappa shape index (κ2) is 9.64. The van der Waals surface area contributed by atoms with Crippen molar-refractivity contribution in [2.75, 3.05) is 6.67 Å². The largest absolute Gasteiger partial charge is 0.337 e. The Bertz CT molecular complexity index is 1030. The molecule has 0 bridgehead atoms. The summed E-state index contributed by atoms with van der Waals surface area (Å²) in [7, 11) is 0. The van der Waals surface area contributed by atoms with E-state index in [1.54, 1.807) is 37.3 Å². The number of imide groups is 2. The predicted octanol–water partition coefficient (Wildman–Crippen LogP) is 1.24. The molecule has 4 N–H and O–H groups in total. The van der Waals surface area contributed by atoms with E-state index in [9.17, 15) is 24.0 Å². The van der Waals surface area contributed by atoms with E-state index in [0.29, 0.717) is 18.4 Å². The summed E-state index contributed by atoms with van der Waals surface area (Å²) in [6, 6.07) is 17.1. The van der Waals surface area contributed by atoms with Crippen LogP contribution in [0.3, 0.4) is 0 Å². The molecule has 2 aromatic carbocycles. The van der Waals surface area contributed by atoms with Gasteiger partial charge in [-0.1, -0.05) is 74.5 Å². The first-order chi connectivity index (χ1) is 15.8. The molecule has 0 radical (unpaired) electrons. The summed E-state index contributed by atoms with van der Waals surface area (Å²) in [6.45, 7) is 3.80. The maximum atomic E-state index is 12.0. The lowest BCUT2D eigenvalue weighted by atomic mass is 9.75. The third kappa shape index (κ3) is 4.09. The van der Waals surface area contributed by atoms with Crippen molar-refractivity contribution >= 4 is 29.7 Å². The van der Waals surface area contributed by atoms with Crippen molar-refractivity contribution < 1.29 is 24.0 Å². The molecule has 0 unspecified atom stereocenters. The van der Waals surface area contributed by atoms with Gasteiger partial charge in [-0.3, -0.25) is 29.8 Å². The number of carbonyl (C=O) groups is 5. The number of hydrogen-bond acceptors (Lipinski definition) is 5. The van der Waals surface area contributed by atoms with Gasteiger partial charge in [0.15, 0.2) is 10.8 Å². The van der Waals surface area contributed by atoms with Gasteiger partial charge in [-0.05, 0) is 24.0 Å². The first-order valence-corrected chi connectivity index (χ1v) is 10.7. The molecule has 2 fully saturated rings. The molecule has 33 heavy (non-hydrogen) atoms. The Labute approximate surface area is 191 Å². The van der Waals surface area contributed by atoms with Gasteiger partial charge in [-0.2, -0.15) is 0 Å². The molecule has 0 atom stereocenters. The molecule has 6 amide bonds. The van der Waals surface area contributed by atoms with Crippen molar-refractivity contribution in [3.8, 4) is 0 Å². The summed E-state index contributed by atoms with van der Waals surface area (Å²) in [5.74, 6) is -1.57. The maximum absolute atomic E-state index is 12.0. The number of urea groups is 1. The van der Waals surface area contributed by atoms with Crippen LogP contribution in [0.5, 0.6) is 0 Å². The van der Waals surface area contributed by atoms with Crippen molar-refractivity contribution in [3.63, 3.8) is 0 Å². The van der Waals surface area contributed by atoms with Crippen LogP contribution in [0.25, 0.3) is 0 Å². The van der Waals surface area contributed by atoms with Crippen LogP contribution in [0.1, 0.15) is 37.8 Å². The summed E-state index contributed by atoms with van der Waals surface area (Å²) >= 11 is 0. The highest BCUT2D eigenvalue weighted by Gasteiger charge is 2.50. The standard InChI is InChI=1S/C12H12N2O3.C12H14N2O2/c1-2-12(8-6-4-3-5-7-8)9(15)13-11(17)14-10(12)16;1-2-12(9-6-4-3-5-7-9)10(15)13-8-14-11(12)16/h3-7H,2H2,1H3,(H2,13,14,15,16,17);3-7H,2,8H2,1H3,(H,13,15)(H,14,16). The molecule has 172 valence electrons. The number of carbonyl (C=O) groups excluding carboxylic acids is 5. The lowest BCUT2D eigenvalue weighted by Crippen LogP contribution is -2.64. The topological polar surface area (TPSA) is 133 Å². The van der Waals surface area contributed by atoms with Crippen molar-refractivity contribution in [3.05, 3.63) is 71.8 Å². The second-order valence-electron chi connectivity index (χ2n) is 7.68. The van der Waals surface area contributed by atoms with Crippen LogP contribution in [0.4, 0.5) is 4.79 Å². The van der Waals surface area contributed by atoms with Gasteiger partial charge in [0.2, 0.25) is 23.6 Å². The Hall–Kier alpha value is -4.01. The van der Waals surface area contributed by atoms with E-state index in [2.05, 4.69) is 21.3 Å². The van der Waals surface area contributed by atoms with Crippen molar-refractivity contribution in [1.82, 2.24) is 21.3 Å². The van der Waals surface area contributed by atoms with Gasteiger partial charge in [0.1, 0.15) is 0 Å². The van der Waals surface area contributed by atoms with Gasteiger partial charge in [-0.25, -0.2) is 4.79 Å². The van der Waals surface area contributed by atoms with E-state index in [4.69, 9.17) is 0 Å². The second-order valence-corrected chi connectivity index (χ2v) is 7.68. The summed E-state index contributed by atoms with van der Waals surface area (Å²) in [5, 5.41) is 9.64. The minimum absolute atomic E-state index is 0.215. The average molecular weight is 450 g/mol. The summed E-state index contributed by atoms with van der Waals surface area (Å²) < 4.78 is 0. The minimum Gasteiger partial charge on any atom is -0.337 e. The smallest absolute Gasteiger partial charge is 0.328 e. The number of rotatable bonds is 4. The van der Waals surface area contributed by atoms with Crippen molar-refractivity contribution in [2.45, 2.75) is 37.5 Å². The molecular weight excluding hydrogens is 424 g/mol. The van der Waals surface area contributed by atoms with Gasteiger partial charge in [0.25, 0.3) is 0 Å². The van der Waals surface area contributed by atoms with Crippen LogP contribution >= 0.6 is 0 Å². The summed E-state index contributed by atoms with van der Waals surface area (Å²) in [4.78, 5) is 59.0. The Morgan fingerprint density at radius 3 is 1.33 bits per heavy atom. The number of benzene rings is 2. The van der Waals surface area contributed by atoms with Gasteiger partial charge in [0.05, 0.1) is 6.67 Å². The number of barbiturate groups is 1. The van der Waals surface area contributed by atoms with E-state index in [1.165, 1.54) is 0 Å². The van der Waals surface area contributed by atoms with Crippen LogP contribution in [0.15, 0.2) is 60.7 Å². The lowest BCUT2D eigenvalue weighted by Gasteiger charge is -2.34. The fraction of sp³-hybridized carbons (Fsp3) is 0.292. The van der Waals surface area contributed by atoms with Gasteiger partial charge >= 0.3 is 6.03 Å². The summed E-state index contributed by atoms with van der Waals surface area (Å²) in [6.07, 6.45) is 0.747. The van der Waals surface area contributed by atoms with Crippen molar-refractivity contribution in [1.29, 1.82) is 0 Å². The number of nitrogens with one attached hydrogen (secondary N) is 4. The predicted molar refractivity (Wildman–Crippen MR) is 120 cm³/mol. The number of hydrogen-bond donors (Lipinski definition) is 4. The molecule has 0 saturated carbocycles. The molecule has 0 aliphatic carbocycles. The summed E-state index contributed by atoms with van der Waals surface area (Å²) in [5.41, 5.74) is -1.05. The average Bonchev–Trinajstić information content (AvgIpc) is 2.81. The molecule has 0 aromatic heterocycles. The highest BCUT2D eigenvalue weighted by atomic mass is 16.2. The molecule has 2 aromatic rings. The first kappa shape index (κ1) is 23.6. The van der Waals surface area contributed by atoms with Crippen molar-refractivity contribution in [2.24, 2.45) is 0 Å². The van der Waals surface area contributed by atoms with E-state index in [1.807, 2.05) is 37.3 Å². The third-order valence-corrected chi connectivity index (χ3v) is 6.10. The third-order valence-electron chi connectivity index (χ3n) is 6.10. The lowest BCUT2D eigenvalue weighted by molar-refractivity contribution is -0.142. The van der Waals surface area contributed by atoms with E-state index < -0.39 is 28.7 Å². The zero-order valence-corrected chi connectivity index (χ0v) is 18.4. The van der Waals surface area contributed by atoms with Crippen LogP contribution < -0.4 is 21.3 Å². The Morgan fingerprint density at radius 1 is 0.606 bits per heavy atom. The van der Waals surface area contributed by atoms with Crippen LogP contribution in [0.2, 0.25) is 0 Å². The van der Waals surface area contributed by atoms with Crippen LogP contribution in [-0.2, 0) is 30.0 Å². The zero-order valence-electron chi connectivity index (χ0n) is 18.4. The molecular formula is C24H26N4O5. The SMILES string of the molecule is CCC1(c2ccccc2)C(=O)NC(=O)NC1=O.CCC1(c2ccccc2)C(=O)NCNC1=O. The van der Waals surface area contributed by atoms with Crippen LogP contribution in [0, 0.1) is 0 Å². The highest BCUT2D eigenvalue weighted by molar-refractivity contribution is 6.22. The van der Waals surface area contributed by atoms with Gasteiger partial charge in [0, 0.05) is 0 Å². The van der Waals surface area contributed by atoms with E-state index >= 15 is 0 Å². The van der Waals surface area contributed by atoms with E-state index in [0.717, 1.165) is 5.56 Å². The number of amides is 6. The van der Waals surface area contributed by atoms with Gasteiger partial charge in [-0.15, -0.1) is 0 Å². The fourth-order valence-electron chi connectivity index (χ4n) is 4.18. The Morgan fingerprint density at radius 2 is 0.970 bits per heavy atom. The maximum Gasteiger partial charge on any atom is 0.328 e. The molecule has 2 heterocycles. The fourth-order valence-corrected chi connectivity index (χ4v) is 4.18. The molecule has 2 aliphatic heterocycles. The monoisotopic (exact) mass is 450 g/mol. The highest BCUT2D eigenvalue weighted by Crippen LogP contribution is 2.31. The first-order valence-electron chi connectivity index (χ1n) is 10.7. The molecule has 9 nitrogen and oxygen atoms in total. The molecule has 2 saturated heterocycles. The molecule has 4 rings (SSSR count). The molecule has 2 aliphatic rings. The van der Waals surface area contributed by atoms with E-state index in [-0.39, 0.29) is 18.5 Å². The quantitative estimate of drug-likeness (QED) is 0.520.